The topological polar surface area (TPSA) is 86.4 Å². The maximum absolute atomic E-state index is 12.7. The van der Waals surface area contributed by atoms with E-state index in [2.05, 4.69) is 5.32 Å². The quantitative estimate of drug-likeness (QED) is 0.533. The molecule has 1 N–H and O–H groups in total. The molecule has 26 heavy (non-hydrogen) atoms. The first-order chi connectivity index (χ1) is 12.6. The summed E-state index contributed by atoms with van der Waals surface area (Å²) in [4.78, 5) is 23.7. The van der Waals surface area contributed by atoms with Gasteiger partial charge in [-0.05, 0) is 44.2 Å². The molecule has 7 nitrogen and oxygen atoms in total. The Labute approximate surface area is 150 Å². The predicted molar refractivity (Wildman–Crippen MR) is 101 cm³/mol. The summed E-state index contributed by atoms with van der Waals surface area (Å²) >= 11 is 0. The molecule has 0 bridgehead atoms. The zero-order valence-corrected chi connectivity index (χ0v) is 14.6. The largest absolute Gasteiger partial charge is 0.494 e. The fourth-order valence-corrected chi connectivity index (χ4v) is 2.95. The Balaban J connectivity index is 2.19. The molecule has 134 valence electrons. The molecule has 1 aromatic heterocycles. The number of ether oxygens (including phenoxy) is 1. The summed E-state index contributed by atoms with van der Waals surface area (Å²) in [6, 6.07) is 14.2. The highest BCUT2D eigenvalue weighted by Gasteiger charge is 2.25. The van der Waals surface area contributed by atoms with Gasteiger partial charge in [-0.1, -0.05) is 18.2 Å². The van der Waals surface area contributed by atoms with E-state index in [1.165, 1.54) is 4.57 Å². The molecule has 7 heteroatoms. The fourth-order valence-electron chi connectivity index (χ4n) is 2.95. The number of hydrogen-bond acceptors (Lipinski definition) is 5. The van der Waals surface area contributed by atoms with Gasteiger partial charge in [0.15, 0.2) is 0 Å². The summed E-state index contributed by atoms with van der Waals surface area (Å²) in [6.45, 7) is 4.59. The maximum atomic E-state index is 12.7. The second kappa shape index (κ2) is 7.26. The monoisotopic (exact) mass is 353 g/mol. The van der Waals surface area contributed by atoms with Crippen molar-refractivity contribution in [2.45, 2.75) is 20.4 Å². The molecule has 0 amide bonds. The van der Waals surface area contributed by atoms with E-state index in [1.54, 1.807) is 55.5 Å². The number of para-hydroxylation sites is 1. The molecule has 0 saturated heterocycles. The van der Waals surface area contributed by atoms with Crippen molar-refractivity contribution in [1.82, 2.24) is 4.57 Å². The molecule has 0 unspecified atom stereocenters. The van der Waals surface area contributed by atoms with E-state index in [0.29, 0.717) is 35.5 Å². The molecule has 0 aliphatic carbocycles. The molecular weight excluding hydrogens is 334 g/mol. The van der Waals surface area contributed by atoms with Crippen molar-refractivity contribution in [2.75, 3.05) is 11.9 Å². The Kier molecular flexibility index (Phi) is 4.88. The molecule has 1 heterocycles. The summed E-state index contributed by atoms with van der Waals surface area (Å²) in [5.41, 5.74) is 0.405. The number of nitrogens with zero attached hydrogens (tertiary/aromatic N) is 2. The number of benzene rings is 2. The van der Waals surface area contributed by atoms with Crippen LogP contribution in [-0.4, -0.2) is 16.1 Å². The minimum absolute atomic E-state index is 0.199. The first kappa shape index (κ1) is 17.5. The number of pyridine rings is 1. The summed E-state index contributed by atoms with van der Waals surface area (Å²) in [7, 11) is 0. The van der Waals surface area contributed by atoms with Crippen LogP contribution in [0.5, 0.6) is 5.75 Å². The van der Waals surface area contributed by atoms with Crippen LogP contribution >= 0.6 is 0 Å². The third-order valence-corrected chi connectivity index (χ3v) is 4.08. The molecular formula is C19H19N3O4. The van der Waals surface area contributed by atoms with Crippen LogP contribution in [0.25, 0.3) is 10.9 Å². The van der Waals surface area contributed by atoms with Crippen LogP contribution in [0.15, 0.2) is 53.3 Å². The summed E-state index contributed by atoms with van der Waals surface area (Å²) in [6.07, 6.45) is 0. The van der Waals surface area contributed by atoms with Crippen molar-refractivity contribution in [2.24, 2.45) is 0 Å². The van der Waals surface area contributed by atoms with Crippen molar-refractivity contribution in [1.29, 1.82) is 0 Å². The van der Waals surface area contributed by atoms with Crippen molar-refractivity contribution >= 4 is 28.0 Å². The van der Waals surface area contributed by atoms with Crippen molar-refractivity contribution in [3.8, 4) is 5.75 Å². The second-order valence-corrected chi connectivity index (χ2v) is 5.63. The van der Waals surface area contributed by atoms with Crippen LogP contribution in [-0.2, 0) is 6.54 Å². The summed E-state index contributed by atoms with van der Waals surface area (Å²) in [5.74, 6) is 0.707. The Morgan fingerprint density at radius 1 is 1.12 bits per heavy atom. The van der Waals surface area contributed by atoms with E-state index < -0.39 is 16.2 Å². The highest BCUT2D eigenvalue weighted by atomic mass is 16.6. The minimum atomic E-state index is -0.627. The van der Waals surface area contributed by atoms with Gasteiger partial charge in [-0.3, -0.25) is 14.9 Å². The summed E-state index contributed by atoms with van der Waals surface area (Å²) < 4.78 is 6.82. The van der Waals surface area contributed by atoms with Gasteiger partial charge in [0.25, 0.3) is 0 Å². The van der Waals surface area contributed by atoms with Crippen molar-refractivity contribution in [3.05, 3.63) is 69.0 Å². The Hall–Kier alpha value is -3.35. The molecule has 0 saturated carbocycles. The van der Waals surface area contributed by atoms with Gasteiger partial charge in [0.2, 0.25) is 0 Å². The van der Waals surface area contributed by atoms with Gasteiger partial charge in [-0.15, -0.1) is 0 Å². The van der Waals surface area contributed by atoms with Crippen molar-refractivity contribution < 1.29 is 9.66 Å². The minimum Gasteiger partial charge on any atom is -0.494 e. The third-order valence-electron chi connectivity index (χ3n) is 4.08. The Bertz CT molecular complexity index is 1010. The molecule has 0 aliphatic rings. The van der Waals surface area contributed by atoms with Crippen LogP contribution in [0.2, 0.25) is 0 Å². The predicted octanol–water partition coefficient (Wildman–Crippen LogP) is 4.07. The van der Waals surface area contributed by atoms with Gasteiger partial charge in [0.1, 0.15) is 11.4 Å². The van der Waals surface area contributed by atoms with Gasteiger partial charge < -0.3 is 14.6 Å². The second-order valence-electron chi connectivity index (χ2n) is 5.63. The molecule has 0 fully saturated rings. The first-order valence-corrected chi connectivity index (χ1v) is 8.36. The number of rotatable bonds is 6. The maximum Gasteiger partial charge on any atom is 0.357 e. The Morgan fingerprint density at radius 3 is 2.42 bits per heavy atom. The average Bonchev–Trinajstić information content (AvgIpc) is 2.63. The number of nitro groups is 1. The zero-order chi connectivity index (χ0) is 18.7. The van der Waals surface area contributed by atoms with Crippen LogP contribution in [0, 0.1) is 10.1 Å². The van der Waals surface area contributed by atoms with E-state index in [9.17, 15) is 14.9 Å². The van der Waals surface area contributed by atoms with E-state index in [1.807, 2.05) is 6.92 Å². The van der Waals surface area contributed by atoms with E-state index >= 15 is 0 Å². The zero-order valence-electron chi connectivity index (χ0n) is 14.6. The van der Waals surface area contributed by atoms with Gasteiger partial charge >= 0.3 is 11.2 Å². The van der Waals surface area contributed by atoms with Crippen LogP contribution in [0.4, 0.5) is 17.1 Å². The number of aryl methyl sites for hydroxylation is 1. The molecule has 0 atom stereocenters. The van der Waals surface area contributed by atoms with E-state index in [-0.39, 0.29) is 5.69 Å². The number of hydrogen-bond donors (Lipinski definition) is 1. The Morgan fingerprint density at radius 2 is 1.81 bits per heavy atom. The smallest absolute Gasteiger partial charge is 0.357 e. The lowest BCUT2D eigenvalue weighted by Crippen LogP contribution is -2.23. The third kappa shape index (κ3) is 3.11. The molecule has 0 spiro atoms. The molecule has 3 rings (SSSR count). The van der Waals surface area contributed by atoms with Gasteiger partial charge in [0, 0.05) is 17.6 Å². The normalized spacial score (nSPS) is 10.7. The molecule has 0 radical (unpaired) electrons. The molecule has 0 aliphatic heterocycles. The summed E-state index contributed by atoms with van der Waals surface area (Å²) in [5, 5.41) is 15.3. The average molecular weight is 353 g/mol. The van der Waals surface area contributed by atoms with Crippen LogP contribution in [0.1, 0.15) is 13.8 Å². The number of nitrogens with one attached hydrogen (secondary N) is 1. The van der Waals surface area contributed by atoms with E-state index in [0.717, 1.165) is 0 Å². The highest BCUT2D eigenvalue weighted by Crippen LogP contribution is 2.33. The standard InChI is InChI=1S/C19H19N3O4/c1-3-21-16-8-6-5-7-15(16)17(18(19(21)23)22(24)25)20-13-9-11-14(12-10-13)26-4-2/h5-12,20H,3-4H2,1-2H3. The van der Waals surface area contributed by atoms with Gasteiger partial charge in [-0.2, -0.15) is 0 Å². The number of anilines is 2. The highest BCUT2D eigenvalue weighted by molar-refractivity contribution is 5.97. The van der Waals surface area contributed by atoms with Crippen LogP contribution < -0.4 is 15.6 Å². The number of aromatic nitrogens is 1. The van der Waals surface area contributed by atoms with Gasteiger partial charge in [-0.25, -0.2) is 0 Å². The van der Waals surface area contributed by atoms with Gasteiger partial charge in [0.05, 0.1) is 17.0 Å². The van der Waals surface area contributed by atoms with Crippen molar-refractivity contribution in [3.63, 3.8) is 0 Å². The lowest BCUT2D eigenvalue weighted by Gasteiger charge is -2.14. The first-order valence-electron chi connectivity index (χ1n) is 8.36. The van der Waals surface area contributed by atoms with Crippen LogP contribution in [0.3, 0.4) is 0 Å². The lowest BCUT2D eigenvalue weighted by atomic mass is 10.1. The lowest BCUT2D eigenvalue weighted by molar-refractivity contribution is -0.385. The van der Waals surface area contributed by atoms with E-state index in [4.69, 9.17) is 4.74 Å². The SMILES string of the molecule is CCOc1ccc(Nc2c([N+](=O)[O-])c(=O)n(CC)c3ccccc23)cc1. The molecule has 3 aromatic rings. The number of fused-ring (bicyclic) bond motifs is 1. The fraction of sp³-hybridized carbons (Fsp3) is 0.211. The molecule has 2 aromatic carbocycles.